The molecule has 0 saturated carbocycles. The van der Waals surface area contributed by atoms with E-state index in [0.29, 0.717) is 5.75 Å². The van der Waals surface area contributed by atoms with Crippen molar-refractivity contribution in [1.29, 1.82) is 0 Å². The molecule has 7 heteroatoms. The van der Waals surface area contributed by atoms with Crippen LogP contribution in [0.4, 0.5) is 0 Å². The van der Waals surface area contributed by atoms with Gasteiger partial charge in [0.1, 0.15) is 22.2 Å². The summed E-state index contributed by atoms with van der Waals surface area (Å²) in [6, 6.07) is 4.52. The van der Waals surface area contributed by atoms with Gasteiger partial charge in [0.2, 0.25) is 0 Å². The number of thioether (sulfide) groups is 1. The fourth-order valence-corrected chi connectivity index (χ4v) is 4.17. The zero-order valence-corrected chi connectivity index (χ0v) is 10.8. The van der Waals surface area contributed by atoms with Gasteiger partial charge < -0.3 is 10.2 Å². The summed E-state index contributed by atoms with van der Waals surface area (Å²) in [5.41, 5.74) is 0.828. The highest BCUT2D eigenvalue weighted by Gasteiger charge is 2.32. The standard InChI is InChI=1S/C11H10N2O3S2/c14-5-1-2-6-8(3-5)18-10(12-6)9-13-7(4-17-9)11(15)16/h1-3,7,9,13-14H,4H2,(H,15,16)/t7-,9?/m1/s1. The average molecular weight is 282 g/mol. The molecule has 1 aromatic carbocycles. The lowest BCUT2D eigenvalue weighted by Crippen LogP contribution is -2.33. The van der Waals surface area contributed by atoms with Crippen LogP contribution in [0, 0.1) is 0 Å². The molecule has 18 heavy (non-hydrogen) atoms. The molecule has 1 unspecified atom stereocenters. The molecule has 2 heterocycles. The smallest absolute Gasteiger partial charge is 0.321 e. The fourth-order valence-electron chi connectivity index (χ4n) is 1.80. The van der Waals surface area contributed by atoms with Crippen LogP contribution in [0.5, 0.6) is 5.75 Å². The molecule has 1 aliphatic rings. The summed E-state index contributed by atoms with van der Waals surface area (Å²) >= 11 is 3.02. The molecule has 5 nitrogen and oxygen atoms in total. The predicted molar refractivity (Wildman–Crippen MR) is 71.0 cm³/mol. The normalized spacial score (nSPS) is 23.6. The maximum atomic E-state index is 10.9. The van der Waals surface area contributed by atoms with Crippen LogP contribution in [0.15, 0.2) is 18.2 Å². The molecular weight excluding hydrogens is 272 g/mol. The Hall–Kier alpha value is -1.31. The number of hydrogen-bond acceptors (Lipinski definition) is 6. The lowest BCUT2D eigenvalue weighted by atomic mass is 10.3. The first-order chi connectivity index (χ1) is 8.63. The summed E-state index contributed by atoms with van der Waals surface area (Å²) in [6.45, 7) is 0. The van der Waals surface area contributed by atoms with Crippen molar-refractivity contribution in [2.45, 2.75) is 11.4 Å². The summed E-state index contributed by atoms with van der Waals surface area (Å²) in [5.74, 6) is -0.0711. The van der Waals surface area contributed by atoms with Crippen molar-refractivity contribution in [3.63, 3.8) is 0 Å². The lowest BCUT2D eigenvalue weighted by Gasteiger charge is -2.06. The van der Waals surface area contributed by atoms with Gasteiger partial charge in [0.15, 0.2) is 0 Å². The largest absolute Gasteiger partial charge is 0.508 e. The second kappa shape index (κ2) is 4.42. The number of benzene rings is 1. The molecule has 2 atom stereocenters. The molecule has 0 aliphatic carbocycles. The van der Waals surface area contributed by atoms with Crippen molar-refractivity contribution in [2.24, 2.45) is 0 Å². The van der Waals surface area contributed by atoms with Gasteiger partial charge in [-0.2, -0.15) is 0 Å². The van der Waals surface area contributed by atoms with Gasteiger partial charge >= 0.3 is 5.97 Å². The zero-order valence-electron chi connectivity index (χ0n) is 9.16. The average Bonchev–Trinajstić information content (AvgIpc) is 2.93. The number of aromatic hydroxyl groups is 1. The van der Waals surface area contributed by atoms with Gasteiger partial charge in [-0.25, -0.2) is 4.98 Å². The number of carboxylic acid groups (broad SMARTS) is 1. The number of aromatic nitrogens is 1. The molecule has 1 saturated heterocycles. The summed E-state index contributed by atoms with van der Waals surface area (Å²) in [6.07, 6.45) is 0. The van der Waals surface area contributed by atoms with Crippen LogP contribution in [0.1, 0.15) is 10.4 Å². The van der Waals surface area contributed by atoms with E-state index in [1.54, 1.807) is 30.0 Å². The number of nitrogens with zero attached hydrogens (tertiary/aromatic N) is 1. The van der Waals surface area contributed by atoms with E-state index in [2.05, 4.69) is 10.3 Å². The van der Waals surface area contributed by atoms with Crippen LogP contribution in [0.3, 0.4) is 0 Å². The van der Waals surface area contributed by atoms with E-state index in [0.717, 1.165) is 15.2 Å². The Morgan fingerprint density at radius 1 is 1.50 bits per heavy atom. The minimum Gasteiger partial charge on any atom is -0.508 e. The van der Waals surface area contributed by atoms with Gasteiger partial charge in [-0.15, -0.1) is 23.1 Å². The summed E-state index contributed by atoms with van der Waals surface area (Å²) in [7, 11) is 0. The number of carbonyl (C=O) groups is 1. The van der Waals surface area contributed by atoms with Crippen LogP contribution in [-0.2, 0) is 4.79 Å². The van der Waals surface area contributed by atoms with E-state index < -0.39 is 12.0 Å². The van der Waals surface area contributed by atoms with Crippen molar-refractivity contribution >= 4 is 39.3 Å². The number of aliphatic carboxylic acids is 1. The quantitative estimate of drug-likeness (QED) is 0.779. The van der Waals surface area contributed by atoms with Gasteiger partial charge in [0.05, 0.1) is 10.2 Å². The molecule has 2 aromatic rings. The maximum absolute atomic E-state index is 10.9. The van der Waals surface area contributed by atoms with Crippen LogP contribution >= 0.6 is 23.1 Å². The van der Waals surface area contributed by atoms with Gasteiger partial charge in [0.25, 0.3) is 0 Å². The second-order valence-corrected chi connectivity index (χ2v) is 6.18. The molecule has 1 aliphatic heterocycles. The van der Waals surface area contributed by atoms with Gasteiger partial charge in [-0.3, -0.25) is 10.1 Å². The number of nitrogens with one attached hydrogen (secondary N) is 1. The van der Waals surface area contributed by atoms with Crippen LogP contribution in [0.2, 0.25) is 0 Å². The third kappa shape index (κ3) is 2.05. The Balaban J connectivity index is 1.89. The molecule has 1 fully saturated rings. The molecule has 3 rings (SSSR count). The number of fused-ring (bicyclic) bond motifs is 1. The fraction of sp³-hybridized carbons (Fsp3) is 0.273. The predicted octanol–water partition coefficient (Wildman–Crippen LogP) is 1.79. The number of hydrogen-bond donors (Lipinski definition) is 3. The Morgan fingerprint density at radius 3 is 3.06 bits per heavy atom. The lowest BCUT2D eigenvalue weighted by molar-refractivity contribution is -0.138. The van der Waals surface area contributed by atoms with E-state index in [1.807, 2.05) is 0 Å². The number of phenolic OH excluding ortho intramolecular Hbond substituents is 1. The van der Waals surface area contributed by atoms with Gasteiger partial charge in [0, 0.05) is 5.75 Å². The van der Waals surface area contributed by atoms with Gasteiger partial charge in [-0.1, -0.05) is 0 Å². The molecule has 0 radical (unpaired) electrons. The first-order valence-electron chi connectivity index (χ1n) is 5.33. The number of rotatable bonds is 2. The first kappa shape index (κ1) is 11.8. The molecular formula is C11H10N2O3S2. The van der Waals surface area contributed by atoms with Crippen molar-refractivity contribution < 1.29 is 15.0 Å². The Morgan fingerprint density at radius 2 is 2.33 bits per heavy atom. The van der Waals surface area contributed by atoms with Crippen LogP contribution < -0.4 is 5.32 Å². The van der Waals surface area contributed by atoms with Gasteiger partial charge in [-0.05, 0) is 18.2 Å². The Labute approximate surface area is 111 Å². The topological polar surface area (TPSA) is 82.5 Å². The minimum atomic E-state index is -0.830. The molecule has 0 spiro atoms. The molecule has 0 bridgehead atoms. The van der Waals surface area contributed by atoms with E-state index >= 15 is 0 Å². The van der Waals surface area contributed by atoms with E-state index in [-0.39, 0.29) is 11.1 Å². The monoisotopic (exact) mass is 282 g/mol. The molecule has 3 N–H and O–H groups in total. The first-order valence-corrected chi connectivity index (χ1v) is 7.20. The third-order valence-corrected chi connectivity index (χ3v) is 5.14. The van der Waals surface area contributed by atoms with Crippen molar-refractivity contribution in [1.82, 2.24) is 10.3 Å². The summed E-state index contributed by atoms with van der Waals surface area (Å²) in [4.78, 5) is 15.3. The van der Waals surface area contributed by atoms with E-state index in [9.17, 15) is 9.90 Å². The molecule has 0 amide bonds. The zero-order chi connectivity index (χ0) is 12.7. The Kier molecular flexibility index (Phi) is 2.89. The van der Waals surface area contributed by atoms with Crippen LogP contribution in [-0.4, -0.2) is 33.0 Å². The third-order valence-electron chi connectivity index (χ3n) is 2.69. The van der Waals surface area contributed by atoms with Crippen molar-refractivity contribution in [3.05, 3.63) is 23.2 Å². The highest BCUT2D eigenvalue weighted by Crippen LogP contribution is 2.37. The minimum absolute atomic E-state index is 0.0781. The second-order valence-electron chi connectivity index (χ2n) is 3.97. The van der Waals surface area contributed by atoms with E-state index in [1.165, 1.54) is 11.3 Å². The number of carboxylic acids is 1. The summed E-state index contributed by atoms with van der Waals surface area (Å²) in [5, 5.41) is 22.1. The van der Waals surface area contributed by atoms with Crippen molar-refractivity contribution in [3.8, 4) is 5.75 Å². The van der Waals surface area contributed by atoms with Crippen LogP contribution in [0.25, 0.3) is 10.2 Å². The SMILES string of the molecule is O=C(O)[C@H]1CSC(c2nc3ccc(O)cc3s2)N1. The highest BCUT2D eigenvalue weighted by molar-refractivity contribution is 7.99. The highest BCUT2D eigenvalue weighted by atomic mass is 32.2. The molecule has 1 aromatic heterocycles. The number of phenols is 1. The number of thiazole rings is 1. The van der Waals surface area contributed by atoms with E-state index in [4.69, 9.17) is 5.11 Å². The molecule has 94 valence electrons. The maximum Gasteiger partial charge on any atom is 0.321 e. The van der Waals surface area contributed by atoms with Crippen molar-refractivity contribution in [2.75, 3.05) is 5.75 Å². The Bertz CT molecular complexity index is 613. The summed E-state index contributed by atoms with van der Waals surface area (Å²) < 4.78 is 0.908.